The van der Waals surface area contributed by atoms with Crippen LogP contribution in [0.3, 0.4) is 0 Å². The van der Waals surface area contributed by atoms with Gasteiger partial charge in [0, 0.05) is 20.8 Å². The van der Waals surface area contributed by atoms with Gasteiger partial charge in [-0.3, -0.25) is 9.59 Å². The van der Waals surface area contributed by atoms with E-state index in [0.29, 0.717) is 27.8 Å². The number of ketones is 1. The Kier molecular flexibility index (Phi) is 5.86. The summed E-state index contributed by atoms with van der Waals surface area (Å²) in [6.45, 7) is 0.290. The van der Waals surface area contributed by atoms with E-state index in [9.17, 15) is 9.59 Å². The first kappa shape index (κ1) is 17.7. The molecule has 1 amide bonds. The van der Waals surface area contributed by atoms with Crippen LogP contribution in [-0.2, 0) is 11.3 Å². The second-order valence-electron chi connectivity index (χ2n) is 5.13. The van der Waals surface area contributed by atoms with E-state index in [2.05, 4.69) is 5.32 Å². The molecule has 0 radical (unpaired) electrons. The van der Waals surface area contributed by atoms with Gasteiger partial charge in [-0.15, -0.1) is 11.3 Å². The molecule has 3 aromatic rings. The highest BCUT2D eigenvalue weighted by atomic mass is 35.5. The van der Waals surface area contributed by atoms with Gasteiger partial charge in [-0.2, -0.15) is 11.3 Å². The van der Waals surface area contributed by atoms with Crippen molar-refractivity contribution in [3.8, 4) is 5.75 Å². The van der Waals surface area contributed by atoms with E-state index in [1.165, 1.54) is 22.7 Å². The van der Waals surface area contributed by atoms with Crippen molar-refractivity contribution in [3.05, 3.63) is 73.6 Å². The Morgan fingerprint density at radius 3 is 2.60 bits per heavy atom. The molecule has 0 unspecified atom stereocenters. The van der Waals surface area contributed by atoms with Crippen molar-refractivity contribution in [2.75, 3.05) is 6.61 Å². The Balaban J connectivity index is 1.47. The molecule has 2 aromatic heterocycles. The number of hydrogen-bond donors (Lipinski definition) is 1. The maximum absolute atomic E-state index is 12.2. The quantitative estimate of drug-likeness (QED) is 0.608. The van der Waals surface area contributed by atoms with E-state index >= 15 is 0 Å². The average Bonchev–Trinajstić information content (AvgIpc) is 3.30. The van der Waals surface area contributed by atoms with Crippen molar-refractivity contribution >= 4 is 46.0 Å². The lowest BCUT2D eigenvalue weighted by Gasteiger charge is -2.06. The van der Waals surface area contributed by atoms with Crippen molar-refractivity contribution in [1.29, 1.82) is 0 Å². The van der Waals surface area contributed by atoms with Crippen LogP contribution in [0.1, 0.15) is 20.1 Å². The van der Waals surface area contributed by atoms with Gasteiger partial charge in [0.1, 0.15) is 5.75 Å². The van der Waals surface area contributed by atoms with Gasteiger partial charge in [-0.25, -0.2) is 0 Å². The van der Waals surface area contributed by atoms with Gasteiger partial charge in [-0.1, -0.05) is 11.6 Å². The fourth-order valence-corrected chi connectivity index (χ4v) is 3.72. The van der Waals surface area contributed by atoms with Crippen LogP contribution in [0.4, 0.5) is 0 Å². The predicted octanol–water partition coefficient (Wildman–Crippen LogP) is 4.39. The van der Waals surface area contributed by atoms with Crippen molar-refractivity contribution in [3.63, 3.8) is 0 Å². The number of rotatable bonds is 7. The molecule has 0 spiro atoms. The Hall–Kier alpha value is -2.15. The second-order valence-corrected chi connectivity index (χ2v) is 7.51. The maximum atomic E-state index is 12.2. The second kappa shape index (κ2) is 8.29. The fraction of sp³-hybridized carbons (Fsp3) is 0.111. The van der Waals surface area contributed by atoms with Crippen LogP contribution in [-0.4, -0.2) is 18.3 Å². The zero-order chi connectivity index (χ0) is 17.6. The molecule has 0 aliphatic rings. The summed E-state index contributed by atoms with van der Waals surface area (Å²) >= 11 is 8.67. The molecular formula is C18H14ClNO3S2. The minimum atomic E-state index is -0.228. The molecule has 4 nitrogen and oxygen atoms in total. The number of thiophene rings is 2. The number of ether oxygens (including phenoxy) is 1. The predicted molar refractivity (Wildman–Crippen MR) is 101 cm³/mol. The fourth-order valence-electron chi connectivity index (χ4n) is 2.05. The summed E-state index contributed by atoms with van der Waals surface area (Å²) in [5.41, 5.74) is 0.693. The van der Waals surface area contributed by atoms with Gasteiger partial charge in [-0.05, 0) is 47.8 Å². The van der Waals surface area contributed by atoms with Crippen molar-refractivity contribution in [2.45, 2.75) is 6.54 Å². The summed E-state index contributed by atoms with van der Waals surface area (Å²) in [5, 5.41) is 7.10. The Morgan fingerprint density at radius 2 is 1.88 bits per heavy atom. The zero-order valence-corrected chi connectivity index (χ0v) is 15.4. The normalized spacial score (nSPS) is 10.4. The molecule has 0 saturated heterocycles. The number of carbonyl (C=O) groups excluding carboxylic acids is 2. The van der Waals surface area contributed by atoms with Crippen LogP contribution < -0.4 is 10.1 Å². The first-order valence-corrected chi connectivity index (χ1v) is 9.56. The smallest absolute Gasteiger partial charge is 0.258 e. The minimum Gasteiger partial charge on any atom is -0.484 e. The summed E-state index contributed by atoms with van der Waals surface area (Å²) in [7, 11) is 0. The summed E-state index contributed by atoms with van der Waals surface area (Å²) in [5.74, 6) is 0.364. The molecule has 0 fully saturated rings. The topological polar surface area (TPSA) is 55.4 Å². The Bertz CT molecular complexity index is 857. The van der Waals surface area contributed by atoms with Gasteiger partial charge in [0.05, 0.1) is 11.4 Å². The molecule has 0 bridgehead atoms. The number of nitrogens with one attached hydrogen (secondary N) is 1. The number of halogens is 1. The number of amides is 1. The van der Waals surface area contributed by atoms with Crippen LogP contribution in [0.25, 0.3) is 0 Å². The molecule has 2 heterocycles. The molecule has 0 saturated carbocycles. The highest BCUT2D eigenvalue weighted by Crippen LogP contribution is 2.21. The van der Waals surface area contributed by atoms with E-state index < -0.39 is 0 Å². The molecule has 0 aliphatic carbocycles. The van der Waals surface area contributed by atoms with E-state index in [1.807, 2.05) is 22.9 Å². The van der Waals surface area contributed by atoms with Crippen molar-refractivity contribution in [1.82, 2.24) is 5.32 Å². The van der Waals surface area contributed by atoms with Crippen LogP contribution in [0.5, 0.6) is 5.75 Å². The molecule has 128 valence electrons. The highest BCUT2D eigenvalue weighted by Gasteiger charge is 2.12. The molecule has 0 atom stereocenters. The summed E-state index contributed by atoms with van der Waals surface area (Å²) in [6.07, 6.45) is 0. The lowest BCUT2D eigenvalue weighted by molar-refractivity contribution is -0.123. The van der Waals surface area contributed by atoms with Crippen LogP contribution in [0, 0.1) is 0 Å². The third kappa shape index (κ3) is 4.92. The lowest BCUT2D eigenvalue weighted by atomic mass is 10.2. The number of benzene rings is 1. The van der Waals surface area contributed by atoms with Gasteiger partial charge in [0.2, 0.25) is 5.78 Å². The Labute approximate surface area is 158 Å². The standard InChI is InChI=1S/C18H14ClNO3S2/c19-13-1-3-14(4-2-13)23-10-17(21)20-9-15-5-6-16(25-15)18(22)12-7-8-24-11-12/h1-8,11H,9-10H2,(H,20,21). The van der Waals surface area contributed by atoms with Gasteiger partial charge >= 0.3 is 0 Å². The first-order chi connectivity index (χ1) is 12.1. The molecule has 1 aromatic carbocycles. The zero-order valence-electron chi connectivity index (χ0n) is 13.0. The van der Waals surface area contributed by atoms with Gasteiger partial charge < -0.3 is 10.1 Å². The number of carbonyl (C=O) groups is 2. The van der Waals surface area contributed by atoms with Gasteiger partial charge in [0.25, 0.3) is 5.91 Å². The molecule has 7 heteroatoms. The molecule has 3 rings (SSSR count). The average molecular weight is 392 g/mol. The van der Waals surface area contributed by atoms with Crippen LogP contribution in [0.2, 0.25) is 5.02 Å². The maximum Gasteiger partial charge on any atom is 0.258 e. The minimum absolute atomic E-state index is 0.00917. The van der Waals surface area contributed by atoms with Crippen molar-refractivity contribution in [2.24, 2.45) is 0 Å². The third-order valence-electron chi connectivity index (χ3n) is 3.31. The highest BCUT2D eigenvalue weighted by molar-refractivity contribution is 7.14. The summed E-state index contributed by atoms with van der Waals surface area (Å²) in [4.78, 5) is 25.7. The van der Waals surface area contributed by atoms with Crippen molar-refractivity contribution < 1.29 is 14.3 Å². The first-order valence-electron chi connectivity index (χ1n) is 7.42. The lowest BCUT2D eigenvalue weighted by Crippen LogP contribution is -2.28. The SMILES string of the molecule is O=C(COc1ccc(Cl)cc1)NCc1ccc(C(=O)c2ccsc2)s1. The molecule has 0 aliphatic heterocycles. The molecule has 1 N–H and O–H groups in total. The van der Waals surface area contributed by atoms with Gasteiger partial charge in [0.15, 0.2) is 6.61 Å². The summed E-state index contributed by atoms with van der Waals surface area (Å²) < 4.78 is 5.38. The van der Waals surface area contributed by atoms with E-state index in [1.54, 1.807) is 30.3 Å². The number of hydrogen-bond acceptors (Lipinski definition) is 5. The monoisotopic (exact) mass is 391 g/mol. The van der Waals surface area contributed by atoms with Crippen LogP contribution in [0.15, 0.2) is 53.2 Å². The molecular weight excluding hydrogens is 378 g/mol. The van der Waals surface area contributed by atoms with Crippen LogP contribution >= 0.6 is 34.3 Å². The Morgan fingerprint density at radius 1 is 1.08 bits per heavy atom. The van der Waals surface area contributed by atoms with E-state index in [4.69, 9.17) is 16.3 Å². The largest absolute Gasteiger partial charge is 0.484 e. The summed E-state index contributed by atoms with van der Waals surface area (Å²) in [6, 6.07) is 12.3. The molecule has 25 heavy (non-hydrogen) atoms. The van der Waals surface area contributed by atoms with E-state index in [-0.39, 0.29) is 18.3 Å². The van der Waals surface area contributed by atoms with E-state index in [0.717, 1.165) is 4.88 Å². The third-order valence-corrected chi connectivity index (χ3v) is 5.33.